The van der Waals surface area contributed by atoms with Gasteiger partial charge in [-0.2, -0.15) is 0 Å². The van der Waals surface area contributed by atoms with E-state index in [-0.39, 0.29) is 5.82 Å². The van der Waals surface area contributed by atoms with Gasteiger partial charge < -0.3 is 5.73 Å². The van der Waals surface area contributed by atoms with Gasteiger partial charge >= 0.3 is 0 Å². The fourth-order valence-electron chi connectivity index (χ4n) is 2.97. The van der Waals surface area contributed by atoms with Crippen molar-refractivity contribution in [3.8, 4) is 0 Å². The van der Waals surface area contributed by atoms with Crippen LogP contribution in [0.3, 0.4) is 0 Å². The second-order valence-electron chi connectivity index (χ2n) is 5.34. The molecule has 0 aromatic heterocycles. The normalized spacial score (nSPS) is 29.8. The molecule has 0 radical (unpaired) electrons. The Morgan fingerprint density at radius 3 is 2.82 bits per heavy atom. The molecule has 1 aliphatic heterocycles. The molecule has 1 aliphatic carbocycles. The van der Waals surface area contributed by atoms with E-state index >= 15 is 0 Å². The van der Waals surface area contributed by atoms with Crippen LogP contribution in [0.4, 0.5) is 4.39 Å². The molecule has 1 aromatic carbocycles. The molecule has 1 saturated carbocycles. The van der Waals surface area contributed by atoms with Crippen LogP contribution in [0.15, 0.2) is 24.3 Å². The largest absolute Gasteiger partial charge is 0.330 e. The second-order valence-corrected chi connectivity index (χ2v) is 5.34. The van der Waals surface area contributed by atoms with Crippen molar-refractivity contribution in [2.45, 2.75) is 31.3 Å². The Morgan fingerprint density at radius 1 is 1.35 bits per heavy atom. The highest BCUT2D eigenvalue weighted by Crippen LogP contribution is 2.42. The first kappa shape index (κ1) is 11.2. The molecule has 2 atom stereocenters. The Bertz CT molecular complexity index is 403. The fourth-order valence-corrected chi connectivity index (χ4v) is 2.97. The van der Waals surface area contributed by atoms with Gasteiger partial charge in [-0.3, -0.25) is 4.90 Å². The lowest BCUT2D eigenvalue weighted by molar-refractivity contribution is 0.242. The molecule has 2 fully saturated rings. The summed E-state index contributed by atoms with van der Waals surface area (Å²) in [6.07, 6.45) is 3.67. The molecule has 2 unspecified atom stereocenters. The Hall–Kier alpha value is -0.930. The van der Waals surface area contributed by atoms with E-state index in [1.165, 1.54) is 18.9 Å². The van der Waals surface area contributed by atoms with E-state index in [1.54, 1.807) is 6.07 Å². The SMILES string of the molecule is NCC1CC(c2cccc(F)c2)N(C2CC2)C1. The zero-order chi connectivity index (χ0) is 11.8. The molecule has 2 nitrogen and oxygen atoms in total. The molecule has 0 bridgehead atoms. The van der Waals surface area contributed by atoms with E-state index in [1.807, 2.05) is 12.1 Å². The molecule has 2 N–H and O–H groups in total. The zero-order valence-corrected chi connectivity index (χ0v) is 9.98. The van der Waals surface area contributed by atoms with Gasteiger partial charge in [0, 0.05) is 18.6 Å². The second kappa shape index (κ2) is 4.39. The average molecular weight is 234 g/mol. The van der Waals surface area contributed by atoms with E-state index in [0.717, 1.165) is 31.1 Å². The molecular formula is C14H19FN2. The topological polar surface area (TPSA) is 29.3 Å². The molecule has 0 amide bonds. The molecule has 1 saturated heterocycles. The van der Waals surface area contributed by atoms with Gasteiger partial charge in [-0.15, -0.1) is 0 Å². The highest BCUT2D eigenvalue weighted by atomic mass is 19.1. The number of likely N-dealkylation sites (tertiary alicyclic amines) is 1. The summed E-state index contributed by atoms with van der Waals surface area (Å²) in [7, 11) is 0. The maximum Gasteiger partial charge on any atom is 0.123 e. The highest BCUT2D eigenvalue weighted by molar-refractivity contribution is 5.22. The summed E-state index contributed by atoms with van der Waals surface area (Å²) in [5.41, 5.74) is 6.90. The van der Waals surface area contributed by atoms with Crippen molar-refractivity contribution in [3.63, 3.8) is 0 Å². The predicted molar refractivity (Wildman–Crippen MR) is 66.0 cm³/mol. The third-order valence-electron chi connectivity index (χ3n) is 4.01. The number of hydrogen-bond donors (Lipinski definition) is 1. The minimum atomic E-state index is -0.130. The van der Waals surface area contributed by atoms with Crippen LogP contribution >= 0.6 is 0 Å². The Morgan fingerprint density at radius 2 is 2.18 bits per heavy atom. The van der Waals surface area contributed by atoms with Crippen LogP contribution in [0.5, 0.6) is 0 Å². The minimum Gasteiger partial charge on any atom is -0.330 e. The number of nitrogens with zero attached hydrogens (tertiary/aromatic N) is 1. The van der Waals surface area contributed by atoms with Crippen molar-refractivity contribution >= 4 is 0 Å². The summed E-state index contributed by atoms with van der Waals surface area (Å²) >= 11 is 0. The summed E-state index contributed by atoms with van der Waals surface area (Å²) in [5, 5.41) is 0. The van der Waals surface area contributed by atoms with Crippen molar-refractivity contribution in [2.24, 2.45) is 11.7 Å². The number of halogens is 1. The minimum absolute atomic E-state index is 0.130. The summed E-state index contributed by atoms with van der Waals surface area (Å²) in [6, 6.07) is 8.15. The first-order valence-electron chi connectivity index (χ1n) is 6.49. The maximum atomic E-state index is 13.3. The molecule has 2 aliphatic rings. The lowest BCUT2D eigenvalue weighted by Crippen LogP contribution is -2.27. The first-order valence-corrected chi connectivity index (χ1v) is 6.49. The van der Waals surface area contributed by atoms with Crippen molar-refractivity contribution in [1.82, 2.24) is 4.90 Å². The van der Waals surface area contributed by atoms with Crippen molar-refractivity contribution in [1.29, 1.82) is 0 Å². The maximum absolute atomic E-state index is 13.3. The molecular weight excluding hydrogens is 215 g/mol. The number of rotatable bonds is 3. The molecule has 0 spiro atoms. The highest BCUT2D eigenvalue weighted by Gasteiger charge is 2.40. The molecule has 92 valence electrons. The summed E-state index contributed by atoms with van der Waals surface area (Å²) < 4.78 is 13.3. The van der Waals surface area contributed by atoms with Gasteiger partial charge in [-0.25, -0.2) is 4.39 Å². The van der Waals surface area contributed by atoms with Crippen LogP contribution in [0, 0.1) is 11.7 Å². The lowest BCUT2D eigenvalue weighted by Gasteiger charge is -2.24. The van der Waals surface area contributed by atoms with Crippen LogP contribution in [-0.2, 0) is 0 Å². The van der Waals surface area contributed by atoms with Crippen LogP contribution in [0.25, 0.3) is 0 Å². The van der Waals surface area contributed by atoms with Crippen LogP contribution in [0.2, 0.25) is 0 Å². The van der Waals surface area contributed by atoms with Gasteiger partial charge in [0.25, 0.3) is 0 Å². The van der Waals surface area contributed by atoms with E-state index in [9.17, 15) is 4.39 Å². The van der Waals surface area contributed by atoms with Gasteiger partial charge in [0.1, 0.15) is 5.82 Å². The van der Waals surface area contributed by atoms with E-state index in [0.29, 0.717) is 12.0 Å². The van der Waals surface area contributed by atoms with E-state index in [4.69, 9.17) is 5.73 Å². The summed E-state index contributed by atoms with van der Waals surface area (Å²) in [4.78, 5) is 2.53. The quantitative estimate of drug-likeness (QED) is 0.869. The third-order valence-corrected chi connectivity index (χ3v) is 4.01. The Balaban J connectivity index is 1.84. The van der Waals surface area contributed by atoms with Crippen LogP contribution in [0.1, 0.15) is 30.9 Å². The molecule has 3 heteroatoms. The van der Waals surface area contributed by atoms with Crippen LogP contribution < -0.4 is 5.73 Å². The van der Waals surface area contributed by atoms with Gasteiger partial charge in [0.15, 0.2) is 0 Å². The molecule has 17 heavy (non-hydrogen) atoms. The monoisotopic (exact) mass is 234 g/mol. The lowest BCUT2D eigenvalue weighted by atomic mass is 10.00. The number of nitrogens with two attached hydrogens (primary N) is 1. The smallest absolute Gasteiger partial charge is 0.123 e. The van der Waals surface area contributed by atoms with Gasteiger partial charge in [0.05, 0.1) is 0 Å². The molecule has 1 heterocycles. The van der Waals surface area contributed by atoms with Gasteiger partial charge in [-0.1, -0.05) is 12.1 Å². The van der Waals surface area contributed by atoms with Gasteiger partial charge in [-0.05, 0) is 49.4 Å². The van der Waals surface area contributed by atoms with Gasteiger partial charge in [0.2, 0.25) is 0 Å². The average Bonchev–Trinajstić information content (AvgIpc) is 3.08. The summed E-state index contributed by atoms with van der Waals surface area (Å²) in [5.74, 6) is 0.443. The van der Waals surface area contributed by atoms with E-state index < -0.39 is 0 Å². The third kappa shape index (κ3) is 2.22. The zero-order valence-electron chi connectivity index (χ0n) is 9.98. The Kier molecular flexibility index (Phi) is 2.89. The van der Waals surface area contributed by atoms with E-state index in [2.05, 4.69) is 4.90 Å². The molecule has 1 aromatic rings. The fraction of sp³-hybridized carbons (Fsp3) is 0.571. The number of benzene rings is 1. The summed E-state index contributed by atoms with van der Waals surface area (Å²) in [6.45, 7) is 1.83. The van der Waals surface area contributed by atoms with Crippen LogP contribution in [-0.4, -0.2) is 24.0 Å². The molecule has 3 rings (SSSR count). The first-order chi connectivity index (χ1) is 8.28. The Labute approximate surface area is 102 Å². The predicted octanol–water partition coefficient (Wildman–Crippen LogP) is 2.31. The van der Waals surface area contributed by atoms with Crippen molar-refractivity contribution in [3.05, 3.63) is 35.6 Å². The van der Waals surface area contributed by atoms with Crippen molar-refractivity contribution in [2.75, 3.05) is 13.1 Å². The number of hydrogen-bond acceptors (Lipinski definition) is 2. The van der Waals surface area contributed by atoms with Crippen molar-refractivity contribution < 1.29 is 4.39 Å². The standard InChI is InChI=1S/C14H19FN2/c15-12-3-1-2-11(7-12)14-6-10(8-16)9-17(14)13-4-5-13/h1-3,7,10,13-14H,4-6,8-9,16H2.